The van der Waals surface area contributed by atoms with Crippen LogP contribution in [0.25, 0.3) is 6.08 Å². The lowest BCUT2D eigenvalue weighted by atomic mass is 10.1. The first-order valence-electron chi connectivity index (χ1n) is 6.15. The molecule has 0 saturated heterocycles. The monoisotopic (exact) mass is 248 g/mol. The van der Waals surface area contributed by atoms with Gasteiger partial charge in [-0.2, -0.15) is 0 Å². The lowest BCUT2D eigenvalue weighted by Gasteiger charge is -2.25. The highest BCUT2D eigenvalue weighted by atomic mass is 16.4. The van der Waals surface area contributed by atoms with E-state index in [9.17, 15) is 4.79 Å². The van der Waals surface area contributed by atoms with Gasteiger partial charge in [-0.05, 0) is 31.1 Å². The largest absolute Gasteiger partial charge is 0.478 e. The predicted molar refractivity (Wildman–Crippen MR) is 73.6 cm³/mol. The summed E-state index contributed by atoms with van der Waals surface area (Å²) in [5.74, 6) is 0.422. The maximum atomic E-state index is 10.6. The molecule has 0 spiro atoms. The number of carbonyl (C=O) groups is 1. The van der Waals surface area contributed by atoms with Crippen molar-refractivity contribution in [1.29, 1.82) is 0 Å². The molecule has 0 radical (unpaired) electrons. The predicted octanol–water partition coefficient (Wildman–Crippen LogP) is 2.66. The molecule has 0 unspecified atom stereocenters. The number of carboxylic acid groups (broad SMARTS) is 1. The summed E-state index contributed by atoms with van der Waals surface area (Å²) < 4.78 is 0. The minimum atomic E-state index is -0.947. The Morgan fingerprint density at radius 3 is 2.83 bits per heavy atom. The first kappa shape index (κ1) is 14.2. The van der Waals surface area contributed by atoms with Gasteiger partial charge in [-0.3, -0.25) is 0 Å². The van der Waals surface area contributed by atoms with E-state index in [-0.39, 0.29) is 0 Å². The van der Waals surface area contributed by atoms with Crippen molar-refractivity contribution in [3.63, 3.8) is 0 Å². The second-order valence-corrected chi connectivity index (χ2v) is 4.52. The molecule has 0 aliphatic heterocycles. The molecular weight excluding hydrogens is 228 g/mol. The zero-order chi connectivity index (χ0) is 13.5. The number of aliphatic carboxylic acids is 1. The first-order valence-corrected chi connectivity index (χ1v) is 6.15. The molecule has 0 aromatic carbocycles. The van der Waals surface area contributed by atoms with Crippen LogP contribution in [0.3, 0.4) is 0 Å². The van der Waals surface area contributed by atoms with Crippen LogP contribution in [0.15, 0.2) is 24.4 Å². The molecule has 1 aromatic heterocycles. The number of rotatable bonds is 6. The van der Waals surface area contributed by atoms with Crippen LogP contribution in [0.5, 0.6) is 0 Å². The van der Waals surface area contributed by atoms with Crippen LogP contribution in [0, 0.1) is 5.92 Å². The number of hydrogen-bond donors (Lipinski definition) is 1. The molecule has 0 atom stereocenters. The van der Waals surface area contributed by atoms with E-state index in [0.29, 0.717) is 5.92 Å². The van der Waals surface area contributed by atoms with E-state index in [2.05, 4.69) is 30.7 Å². The molecule has 1 aromatic rings. The van der Waals surface area contributed by atoms with Crippen LogP contribution < -0.4 is 4.90 Å². The molecule has 0 amide bonds. The van der Waals surface area contributed by atoms with Gasteiger partial charge >= 0.3 is 5.97 Å². The molecule has 98 valence electrons. The van der Waals surface area contributed by atoms with Crippen LogP contribution in [-0.2, 0) is 4.79 Å². The summed E-state index contributed by atoms with van der Waals surface area (Å²) in [5.41, 5.74) is 0.836. The molecule has 0 fully saturated rings. The molecule has 1 N–H and O–H groups in total. The standard InChI is InChI=1S/C14H20N2O2/c1-4-16(10-11(2)3)14-12(6-5-9-15-14)7-8-13(17)18/h5-9,11H,4,10H2,1-3H3,(H,17,18)/b8-7+. The van der Waals surface area contributed by atoms with E-state index in [1.54, 1.807) is 12.3 Å². The number of anilines is 1. The minimum Gasteiger partial charge on any atom is -0.478 e. The number of hydrogen-bond acceptors (Lipinski definition) is 3. The zero-order valence-electron chi connectivity index (χ0n) is 11.1. The summed E-state index contributed by atoms with van der Waals surface area (Å²) in [4.78, 5) is 17.1. The maximum Gasteiger partial charge on any atom is 0.328 e. The highest BCUT2D eigenvalue weighted by Gasteiger charge is 2.10. The molecule has 1 rings (SSSR count). The van der Waals surface area contributed by atoms with Crippen LogP contribution >= 0.6 is 0 Å². The van der Waals surface area contributed by atoms with E-state index in [4.69, 9.17) is 5.11 Å². The third-order valence-electron chi connectivity index (χ3n) is 2.49. The fraction of sp³-hybridized carbons (Fsp3) is 0.429. The Morgan fingerprint density at radius 1 is 1.56 bits per heavy atom. The summed E-state index contributed by atoms with van der Waals surface area (Å²) >= 11 is 0. The van der Waals surface area contributed by atoms with Gasteiger partial charge in [0, 0.05) is 30.9 Å². The molecule has 0 bridgehead atoms. The molecule has 4 heteroatoms. The van der Waals surface area contributed by atoms with Crippen molar-refractivity contribution >= 4 is 17.9 Å². The Bertz CT molecular complexity index is 428. The van der Waals surface area contributed by atoms with Crippen molar-refractivity contribution in [2.24, 2.45) is 5.92 Å². The van der Waals surface area contributed by atoms with Crippen LogP contribution in [0.2, 0.25) is 0 Å². The topological polar surface area (TPSA) is 53.4 Å². The Balaban J connectivity index is 3.02. The van der Waals surface area contributed by atoms with Crippen molar-refractivity contribution in [3.8, 4) is 0 Å². The number of pyridine rings is 1. The van der Waals surface area contributed by atoms with Crippen molar-refractivity contribution in [2.75, 3.05) is 18.0 Å². The van der Waals surface area contributed by atoms with Crippen molar-refractivity contribution in [2.45, 2.75) is 20.8 Å². The average molecular weight is 248 g/mol. The van der Waals surface area contributed by atoms with Crippen molar-refractivity contribution in [1.82, 2.24) is 4.98 Å². The number of carboxylic acids is 1. The highest BCUT2D eigenvalue weighted by molar-refractivity contribution is 5.86. The van der Waals surface area contributed by atoms with Gasteiger partial charge in [-0.1, -0.05) is 13.8 Å². The van der Waals surface area contributed by atoms with Gasteiger partial charge in [0.15, 0.2) is 0 Å². The summed E-state index contributed by atoms with van der Waals surface area (Å²) in [6.07, 6.45) is 4.47. The van der Waals surface area contributed by atoms with Gasteiger partial charge in [-0.25, -0.2) is 9.78 Å². The van der Waals surface area contributed by atoms with E-state index in [1.807, 2.05) is 12.1 Å². The van der Waals surface area contributed by atoms with E-state index in [1.165, 1.54) is 0 Å². The third-order valence-corrected chi connectivity index (χ3v) is 2.49. The van der Waals surface area contributed by atoms with E-state index < -0.39 is 5.97 Å². The second kappa shape index (κ2) is 6.79. The normalized spacial score (nSPS) is 11.1. The molecule has 1 heterocycles. The van der Waals surface area contributed by atoms with Crippen molar-refractivity contribution < 1.29 is 9.90 Å². The highest BCUT2D eigenvalue weighted by Crippen LogP contribution is 2.19. The average Bonchev–Trinajstić information content (AvgIpc) is 2.33. The number of aromatic nitrogens is 1. The molecule has 0 aliphatic carbocycles. The van der Waals surface area contributed by atoms with Crippen LogP contribution in [-0.4, -0.2) is 29.1 Å². The molecule has 0 saturated carbocycles. The van der Waals surface area contributed by atoms with Crippen molar-refractivity contribution in [3.05, 3.63) is 30.0 Å². The molecule has 4 nitrogen and oxygen atoms in total. The quantitative estimate of drug-likeness (QED) is 0.786. The Morgan fingerprint density at radius 2 is 2.28 bits per heavy atom. The lowest BCUT2D eigenvalue weighted by Crippen LogP contribution is -2.28. The molecule has 18 heavy (non-hydrogen) atoms. The minimum absolute atomic E-state index is 0.531. The van der Waals surface area contributed by atoms with Gasteiger partial charge < -0.3 is 10.0 Å². The van der Waals surface area contributed by atoms with Gasteiger partial charge in [0.05, 0.1) is 0 Å². The van der Waals surface area contributed by atoms with Gasteiger partial charge in [-0.15, -0.1) is 0 Å². The summed E-state index contributed by atoms with van der Waals surface area (Å²) in [6.45, 7) is 8.13. The van der Waals surface area contributed by atoms with Gasteiger partial charge in [0.1, 0.15) is 5.82 Å². The fourth-order valence-electron chi connectivity index (χ4n) is 1.77. The van der Waals surface area contributed by atoms with Gasteiger partial charge in [0.2, 0.25) is 0 Å². The Labute approximate surface area is 108 Å². The van der Waals surface area contributed by atoms with Crippen LogP contribution in [0.4, 0.5) is 5.82 Å². The Kier molecular flexibility index (Phi) is 5.36. The summed E-state index contributed by atoms with van der Waals surface area (Å²) in [7, 11) is 0. The molecular formula is C14H20N2O2. The van der Waals surface area contributed by atoms with Gasteiger partial charge in [0.25, 0.3) is 0 Å². The summed E-state index contributed by atoms with van der Waals surface area (Å²) in [6, 6.07) is 3.69. The molecule has 0 aliphatic rings. The fourth-order valence-corrected chi connectivity index (χ4v) is 1.77. The maximum absolute atomic E-state index is 10.6. The first-order chi connectivity index (χ1) is 8.54. The SMILES string of the molecule is CCN(CC(C)C)c1ncccc1/C=C/C(=O)O. The van der Waals surface area contributed by atoms with E-state index >= 15 is 0 Å². The smallest absolute Gasteiger partial charge is 0.328 e. The van der Waals surface area contributed by atoms with Crippen LogP contribution in [0.1, 0.15) is 26.3 Å². The zero-order valence-corrected chi connectivity index (χ0v) is 11.1. The second-order valence-electron chi connectivity index (χ2n) is 4.52. The van der Waals surface area contributed by atoms with E-state index in [0.717, 1.165) is 30.5 Å². The third kappa shape index (κ3) is 4.20. The number of nitrogens with zero attached hydrogens (tertiary/aromatic N) is 2. The lowest BCUT2D eigenvalue weighted by molar-refractivity contribution is -0.131. The Hall–Kier alpha value is -1.84. The summed E-state index contributed by atoms with van der Waals surface area (Å²) in [5, 5.41) is 8.69.